The van der Waals surface area contributed by atoms with Gasteiger partial charge in [-0.05, 0) is 36.8 Å². The number of aromatic nitrogens is 3. The molecule has 0 amide bonds. The SMILES string of the molecule is Cc1cc(Nc2ncn(-c3ccc(F)c(F)c3)n2)cc(OCCN2CCOCC2)c1.[HH]. The maximum Gasteiger partial charge on any atom is 0.246 e. The molecule has 1 N–H and O–H groups in total. The van der Waals surface area contributed by atoms with Crippen molar-refractivity contribution in [1.82, 2.24) is 19.7 Å². The maximum atomic E-state index is 13.5. The summed E-state index contributed by atoms with van der Waals surface area (Å²) in [6, 6.07) is 9.36. The molecule has 2 heterocycles. The van der Waals surface area contributed by atoms with Gasteiger partial charge in [-0.15, -0.1) is 5.10 Å². The van der Waals surface area contributed by atoms with Gasteiger partial charge < -0.3 is 14.8 Å². The zero-order valence-electron chi connectivity index (χ0n) is 16.6. The van der Waals surface area contributed by atoms with Gasteiger partial charge in [0, 0.05) is 38.9 Å². The van der Waals surface area contributed by atoms with Crippen molar-refractivity contribution in [3.05, 3.63) is 59.9 Å². The molecule has 160 valence electrons. The van der Waals surface area contributed by atoms with Crippen LogP contribution in [0.3, 0.4) is 0 Å². The van der Waals surface area contributed by atoms with Crippen molar-refractivity contribution >= 4 is 11.6 Å². The van der Waals surface area contributed by atoms with Gasteiger partial charge in [0.1, 0.15) is 18.7 Å². The quantitative estimate of drug-likeness (QED) is 0.634. The molecule has 1 aliphatic rings. The van der Waals surface area contributed by atoms with Crippen LogP contribution in [0.2, 0.25) is 0 Å². The zero-order chi connectivity index (χ0) is 20.9. The molecule has 1 aliphatic heterocycles. The minimum Gasteiger partial charge on any atom is -0.492 e. The van der Waals surface area contributed by atoms with Crippen molar-refractivity contribution in [2.24, 2.45) is 0 Å². The van der Waals surface area contributed by atoms with Crippen LogP contribution in [0.15, 0.2) is 42.7 Å². The van der Waals surface area contributed by atoms with Crippen LogP contribution in [0.5, 0.6) is 5.75 Å². The molecule has 1 aromatic heterocycles. The van der Waals surface area contributed by atoms with Gasteiger partial charge in [-0.3, -0.25) is 4.90 Å². The molecule has 0 bridgehead atoms. The second kappa shape index (κ2) is 9.19. The fourth-order valence-electron chi connectivity index (χ4n) is 3.22. The summed E-state index contributed by atoms with van der Waals surface area (Å²) in [6.07, 6.45) is 1.44. The monoisotopic (exact) mass is 417 g/mol. The largest absolute Gasteiger partial charge is 0.492 e. The minimum absolute atomic E-state index is 0. The maximum absolute atomic E-state index is 13.5. The highest BCUT2D eigenvalue weighted by Gasteiger charge is 2.11. The normalized spacial score (nSPS) is 14.6. The first-order valence-corrected chi connectivity index (χ1v) is 9.75. The molecule has 2 aromatic carbocycles. The lowest BCUT2D eigenvalue weighted by Crippen LogP contribution is -2.38. The predicted octanol–water partition coefficient (Wildman–Crippen LogP) is 3.55. The van der Waals surface area contributed by atoms with Crippen molar-refractivity contribution in [2.45, 2.75) is 6.92 Å². The first-order valence-electron chi connectivity index (χ1n) is 9.75. The van der Waals surface area contributed by atoms with E-state index in [1.165, 1.54) is 17.1 Å². The van der Waals surface area contributed by atoms with Crippen LogP contribution in [-0.4, -0.2) is 59.1 Å². The molecule has 1 fully saturated rings. The highest BCUT2D eigenvalue weighted by Crippen LogP contribution is 2.23. The Morgan fingerprint density at radius 2 is 1.97 bits per heavy atom. The number of ether oxygens (including phenoxy) is 2. The second-order valence-electron chi connectivity index (χ2n) is 7.07. The first-order chi connectivity index (χ1) is 14.6. The van der Waals surface area contributed by atoms with Crippen LogP contribution in [0, 0.1) is 18.6 Å². The van der Waals surface area contributed by atoms with Crippen molar-refractivity contribution < 1.29 is 19.7 Å². The van der Waals surface area contributed by atoms with Crippen LogP contribution in [-0.2, 0) is 4.74 Å². The van der Waals surface area contributed by atoms with Crippen molar-refractivity contribution in [3.8, 4) is 11.4 Å². The number of hydrogen-bond donors (Lipinski definition) is 1. The molecule has 0 radical (unpaired) electrons. The summed E-state index contributed by atoms with van der Waals surface area (Å²) in [5.74, 6) is -0.747. The molecule has 7 nitrogen and oxygen atoms in total. The Kier molecular flexibility index (Phi) is 6.20. The van der Waals surface area contributed by atoms with Crippen LogP contribution in [0.25, 0.3) is 5.69 Å². The third-order valence-corrected chi connectivity index (χ3v) is 4.75. The van der Waals surface area contributed by atoms with Gasteiger partial charge in [0.15, 0.2) is 11.6 Å². The molecule has 30 heavy (non-hydrogen) atoms. The molecular formula is C21H25F2N5O2. The van der Waals surface area contributed by atoms with Crippen LogP contribution in [0.4, 0.5) is 20.4 Å². The molecule has 9 heteroatoms. The summed E-state index contributed by atoms with van der Waals surface area (Å²) in [5, 5.41) is 7.40. The molecule has 0 unspecified atom stereocenters. The zero-order valence-corrected chi connectivity index (χ0v) is 16.6. The van der Waals surface area contributed by atoms with E-state index in [4.69, 9.17) is 9.47 Å². The van der Waals surface area contributed by atoms with Gasteiger partial charge in [0.25, 0.3) is 0 Å². The number of rotatable bonds is 7. The number of halogens is 2. The molecule has 0 aliphatic carbocycles. The molecule has 0 saturated carbocycles. The lowest BCUT2D eigenvalue weighted by atomic mass is 10.2. The van der Waals surface area contributed by atoms with E-state index < -0.39 is 11.6 Å². The lowest BCUT2D eigenvalue weighted by Gasteiger charge is -2.26. The highest BCUT2D eigenvalue weighted by molar-refractivity contribution is 5.57. The molecule has 0 spiro atoms. The number of nitrogens with one attached hydrogen (secondary N) is 1. The third kappa shape index (κ3) is 5.11. The van der Waals surface area contributed by atoms with Gasteiger partial charge in [-0.1, -0.05) is 0 Å². The molecule has 4 rings (SSSR count). The average Bonchev–Trinajstić information content (AvgIpc) is 3.19. The summed E-state index contributed by atoms with van der Waals surface area (Å²) in [7, 11) is 0. The van der Waals surface area contributed by atoms with Gasteiger partial charge in [0.05, 0.1) is 18.9 Å². The fraction of sp³-hybridized carbons (Fsp3) is 0.333. The second-order valence-corrected chi connectivity index (χ2v) is 7.07. The Balaban J connectivity index is 0.00000272. The summed E-state index contributed by atoms with van der Waals surface area (Å²) in [6.45, 7) is 6.80. The Morgan fingerprint density at radius 3 is 2.77 bits per heavy atom. The topological polar surface area (TPSA) is 64.4 Å². The highest BCUT2D eigenvalue weighted by atomic mass is 19.2. The number of morpholine rings is 1. The van der Waals surface area contributed by atoms with Crippen molar-refractivity contribution in [3.63, 3.8) is 0 Å². The van der Waals surface area contributed by atoms with E-state index in [0.29, 0.717) is 18.2 Å². The summed E-state index contributed by atoms with van der Waals surface area (Å²) in [5.41, 5.74) is 2.19. The average molecular weight is 417 g/mol. The van der Waals surface area contributed by atoms with Crippen LogP contribution < -0.4 is 10.1 Å². The third-order valence-electron chi connectivity index (χ3n) is 4.75. The van der Waals surface area contributed by atoms with E-state index >= 15 is 0 Å². The van der Waals surface area contributed by atoms with E-state index in [2.05, 4.69) is 20.3 Å². The Labute approximate surface area is 174 Å². The van der Waals surface area contributed by atoms with Gasteiger partial charge >= 0.3 is 0 Å². The number of benzene rings is 2. The Hall–Kier alpha value is -3.04. The van der Waals surface area contributed by atoms with Crippen molar-refractivity contribution in [1.29, 1.82) is 0 Å². The van der Waals surface area contributed by atoms with E-state index in [0.717, 1.165) is 62.0 Å². The number of nitrogens with zero attached hydrogens (tertiary/aromatic N) is 4. The van der Waals surface area contributed by atoms with E-state index in [-0.39, 0.29) is 1.43 Å². The van der Waals surface area contributed by atoms with E-state index in [9.17, 15) is 8.78 Å². The van der Waals surface area contributed by atoms with Crippen molar-refractivity contribution in [2.75, 3.05) is 44.8 Å². The first kappa shape index (κ1) is 20.2. The van der Waals surface area contributed by atoms with Gasteiger partial charge in [-0.25, -0.2) is 13.5 Å². The van der Waals surface area contributed by atoms with Gasteiger partial charge in [-0.2, -0.15) is 4.98 Å². The van der Waals surface area contributed by atoms with Crippen LogP contribution in [0.1, 0.15) is 6.99 Å². The lowest BCUT2D eigenvalue weighted by molar-refractivity contribution is 0.0322. The molecule has 3 aromatic rings. The summed E-state index contributed by atoms with van der Waals surface area (Å²) >= 11 is 0. The Morgan fingerprint density at radius 1 is 1.13 bits per heavy atom. The molecular weight excluding hydrogens is 392 g/mol. The summed E-state index contributed by atoms with van der Waals surface area (Å²) < 4.78 is 39.2. The predicted molar refractivity (Wildman–Crippen MR) is 111 cm³/mol. The standard InChI is InChI=1S/C21H23F2N5O2.H2/c1-15-10-16(12-18(11-15)30-9-6-27-4-7-29-8-5-27)25-21-24-14-28(26-21)17-2-3-19(22)20(23)13-17;/h2-3,10-14H,4-9H2,1H3,(H,25,26);1H. The fourth-order valence-corrected chi connectivity index (χ4v) is 3.22. The summed E-state index contributed by atoms with van der Waals surface area (Å²) in [4.78, 5) is 6.50. The number of aryl methyl sites for hydroxylation is 1. The minimum atomic E-state index is -0.935. The molecule has 0 atom stereocenters. The van der Waals surface area contributed by atoms with E-state index in [1.54, 1.807) is 0 Å². The number of hydrogen-bond acceptors (Lipinski definition) is 6. The smallest absolute Gasteiger partial charge is 0.246 e. The number of anilines is 2. The van der Waals surface area contributed by atoms with Crippen LogP contribution >= 0.6 is 0 Å². The Bertz CT molecular complexity index is 1010. The van der Waals surface area contributed by atoms with E-state index in [1.807, 2.05) is 25.1 Å². The van der Waals surface area contributed by atoms with Gasteiger partial charge in [0.2, 0.25) is 5.95 Å². The molecule has 1 saturated heterocycles.